The molecule has 0 saturated carbocycles. The number of furan rings is 1. The van der Waals surface area contributed by atoms with E-state index >= 15 is 0 Å². The summed E-state index contributed by atoms with van der Waals surface area (Å²) in [5, 5.41) is 1.11. The van der Waals surface area contributed by atoms with Crippen molar-refractivity contribution in [1.29, 1.82) is 0 Å². The van der Waals surface area contributed by atoms with Gasteiger partial charge in [-0.3, -0.25) is 0 Å². The molecule has 246 valence electrons. The third-order valence-electron chi connectivity index (χ3n) is 9.70. The number of hydrogen-bond donors (Lipinski definition) is 0. The molecule has 0 radical (unpaired) electrons. The Hall–Kier alpha value is -6.90. The first-order valence-corrected chi connectivity index (χ1v) is 17.7. The van der Waals surface area contributed by atoms with Gasteiger partial charge in [-0.25, -0.2) is 0 Å². The minimum atomic E-state index is 0.866. The van der Waals surface area contributed by atoms with Crippen LogP contribution in [0.2, 0.25) is 0 Å². The Morgan fingerprint density at radius 2 is 0.769 bits per heavy atom. The Morgan fingerprint density at radius 1 is 0.308 bits per heavy atom. The average Bonchev–Trinajstić information content (AvgIpc) is 3.62. The summed E-state index contributed by atoms with van der Waals surface area (Å²) in [7, 11) is 0. The molecule has 0 saturated heterocycles. The highest BCUT2D eigenvalue weighted by Gasteiger charge is 2.20. The van der Waals surface area contributed by atoms with Gasteiger partial charge in [0.05, 0.1) is 0 Å². The molecule has 0 spiro atoms. The van der Waals surface area contributed by atoms with E-state index in [9.17, 15) is 0 Å². The Morgan fingerprint density at radius 3 is 1.42 bits per heavy atom. The molecule has 0 aliphatic carbocycles. The lowest BCUT2D eigenvalue weighted by Gasteiger charge is -2.26. The Kier molecular flexibility index (Phi) is 8.24. The molecule has 0 bridgehead atoms. The van der Waals surface area contributed by atoms with Crippen LogP contribution < -0.4 is 4.90 Å². The molecule has 9 rings (SSSR count). The predicted molar refractivity (Wildman–Crippen MR) is 218 cm³/mol. The van der Waals surface area contributed by atoms with E-state index < -0.39 is 0 Å². The number of nitrogens with zero attached hydrogens (tertiary/aromatic N) is 1. The fourth-order valence-electron chi connectivity index (χ4n) is 7.30. The molecule has 0 unspecified atom stereocenters. The zero-order valence-corrected chi connectivity index (χ0v) is 28.6. The quantitative estimate of drug-likeness (QED) is 0.161. The molecule has 9 aromatic rings. The van der Waals surface area contributed by atoms with Gasteiger partial charge >= 0.3 is 0 Å². The monoisotopic (exact) mass is 665 g/mol. The van der Waals surface area contributed by atoms with Gasteiger partial charge in [-0.1, -0.05) is 170 Å². The van der Waals surface area contributed by atoms with Gasteiger partial charge in [0.15, 0.2) is 0 Å². The Labute approximate surface area is 304 Å². The van der Waals surface area contributed by atoms with E-state index in [0.29, 0.717) is 0 Å². The molecule has 0 aliphatic rings. The maximum absolute atomic E-state index is 6.62. The van der Waals surface area contributed by atoms with Gasteiger partial charge in [0.1, 0.15) is 11.3 Å². The first-order chi connectivity index (χ1) is 25.8. The van der Waals surface area contributed by atoms with Gasteiger partial charge in [-0.2, -0.15) is 0 Å². The third-order valence-corrected chi connectivity index (χ3v) is 9.70. The molecule has 2 nitrogen and oxygen atoms in total. The second-order valence-corrected chi connectivity index (χ2v) is 12.9. The van der Waals surface area contributed by atoms with E-state index in [1.165, 1.54) is 33.4 Å². The highest BCUT2D eigenvalue weighted by molar-refractivity contribution is 6.02. The summed E-state index contributed by atoms with van der Waals surface area (Å²) in [4.78, 5) is 2.31. The highest BCUT2D eigenvalue weighted by atomic mass is 16.3. The lowest BCUT2D eigenvalue weighted by Crippen LogP contribution is -2.09. The average molecular weight is 666 g/mol. The standard InChI is InChI=1S/C50H35NO/c1-4-17-36(18-5-1)43-25-10-12-27-45(43)46-28-13-11-26-44(46)37-31-33-41(34-32-37)51(40-22-8-3-9-23-40)42-24-16-21-39(35-42)50-49(38-19-6-2-7-20-38)47-29-14-15-30-48(47)52-50/h1-35H. The highest BCUT2D eigenvalue weighted by Crippen LogP contribution is 2.44. The summed E-state index contributed by atoms with van der Waals surface area (Å²) in [6.07, 6.45) is 0. The Balaban J connectivity index is 1.13. The summed E-state index contributed by atoms with van der Waals surface area (Å²) in [5.41, 5.74) is 14.6. The zero-order valence-electron chi connectivity index (χ0n) is 28.6. The molecular weight excluding hydrogens is 631 g/mol. The molecule has 0 N–H and O–H groups in total. The maximum Gasteiger partial charge on any atom is 0.143 e. The fourth-order valence-corrected chi connectivity index (χ4v) is 7.30. The second kappa shape index (κ2) is 13.8. The molecule has 1 aromatic heterocycles. The van der Waals surface area contributed by atoms with Crippen molar-refractivity contribution >= 4 is 28.0 Å². The van der Waals surface area contributed by atoms with Crippen LogP contribution >= 0.6 is 0 Å². The lowest BCUT2D eigenvalue weighted by atomic mass is 9.89. The van der Waals surface area contributed by atoms with Crippen LogP contribution in [0.3, 0.4) is 0 Å². The minimum absolute atomic E-state index is 0.866. The predicted octanol–water partition coefficient (Wildman–Crippen LogP) is 14.2. The number of benzene rings is 8. The fraction of sp³-hybridized carbons (Fsp3) is 0. The van der Waals surface area contributed by atoms with Gasteiger partial charge in [-0.05, 0) is 81.4 Å². The first kappa shape index (κ1) is 31.1. The normalized spacial score (nSPS) is 11.1. The van der Waals surface area contributed by atoms with Crippen molar-refractivity contribution in [3.8, 4) is 55.8 Å². The Bertz CT molecular complexity index is 2610. The SMILES string of the molecule is c1ccc(-c2ccccc2-c2ccccc2-c2ccc(N(c3ccccc3)c3cccc(-c4oc5ccccc5c4-c4ccccc4)c3)cc2)cc1. The van der Waals surface area contributed by atoms with E-state index in [-0.39, 0.29) is 0 Å². The van der Waals surface area contributed by atoms with Crippen LogP contribution in [-0.2, 0) is 0 Å². The number of anilines is 3. The van der Waals surface area contributed by atoms with Crippen molar-refractivity contribution < 1.29 is 4.42 Å². The molecule has 1 heterocycles. The summed E-state index contributed by atoms with van der Waals surface area (Å²) in [5.74, 6) is 0.866. The van der Waals surface area contributed by atoms with E-state index in [4.69, 9.17) is 4.42 Å². The molecular formula is C50H35NO. The summed E-state index contributed by atoms with van der Waals surface area (Å²) >= 11 is 0. The number of rotatable bonds is 8. The molecule has 0 aliphatic heterocycles. The molecule has 2 heteroatoms. The smallest absolute Gasteiger partial charge is 0.143 e. The van der Waals surface area contributed by atoms with E-state index in [2.05, 4.69) is 205 Å². The number of hydrogen-bond acceptors (Lipinski definition) is 2. The van der Waals surface area contributed by atoms with Crippen LogP contribution in [0.4, 0.5) is 17.1 Å². The van der Waals surface area contributed by atoms with Crippen LogP contribution in [0, 0.1) is 0 Å². The van der Waals surface area contributed by atoms with E-state index in [0.717, 1.165) is 50.5 Å². The minimum Gasteiger partial charge on any atom is -0.455 e. The number of para-hydroxylation sites is 2. The van der Waals surface area contributed by atoms with Gasteiger partial charge in [0, 0.05) is 33.6 Å². The van der Waals surface area contributed by atoms with Crippen molar-refractivity contribution in [2.24, 2.45) is 0 Å². The molecule has 52 heavy (non-hydrogen) atoms. The van der Waals surface area contributed by atoms with Crippen molar-refractivity contribution in [3.63, 3.8) is 0 Å². The van der Waals surface area contributed by atoms with E-state index in [1.807, 2.05) is 12.1 Å². The van der Waals surface area contributed by atoms with Crippen LogP contribution in [0.25, 0.3) is 66.8 Å². The molecule has 0 fully saturated rings. The van der Waals surface area contributed by atoms with Gasteiger partial charge < -0.3 is 9.32 Å². The maximum atomic E-state index is 6.62. The second-order valence-electron chi connectivity index (χ2n) is 12.9. The van der Waals surface area contributed by atoms with Crippen LogP contribution in [0.15, 0.2) is 217 Å². The molecule has 0 amide bonds. The molecule has 0 atom stereocenters. The van der Waals surface area contributed by atoms with Crippen molar-refractivity contribution in [3.05, 3.63) is 212 Å². The van der Waals surface area contributed by atoms with Crippen LogP contribution in [0.1, 0.15) is 0 Å². The van der Waals surface area contributed by atoms with Crippen LogP contribution in [0.5, 0.6) is 0 Å². The van der Waals surface area contributed by atoms with Crippen molar-refractivity contribution in [2.45, 2.75) is 0 Å². The van der Waals surface area contributed by atoms with Crippen molar-refractivity contribution in [2.75, 3.05) is 4.90 Å². The van der Waals surface area contributed by atoms with Crippen LogP contribution in [-0.4, -0.2) is 0 Å². The topological polar surface area (TPSA) is 16.4 Å². The van der Waals surface area contributed by atoms with E-state index in [1.54, 1.807) is 0 Å². The van der Waals surface area contributed by atoms with Gasteiger partial charge in [0.2, 0.25) is 0 Å². The largest absolute Gasteiger partial charge is 0.455 e. The lowest BCUT2D eigenvalue weighted by molar-refractivity contribution is 0.632. The number of fused-ring (bicyclic) bond motifs is 1. The first-order valence-electron chi connectivity index (χ1n) is 17.7. The van der Waals surface area contributed by atoms with Crippen molar-refractivity contribution in [1.82, 2.24) is 0 Å². The van der Waals surface area contributed by atoms with Gasteiger partial charge in [0.25, 0.3) is 0 Å². The summed E-state index contributed by atoms with van der Waals surface area (Å²) in [6.45, 7) is 0. The zero-order chi connectivity index (χ0) is 34.7. The summed E-state index contributed by atoms with van der Waals surface area (Å²) in [6, 6.07) is 75.0. The van der Waals surface area contributed by atoms with Gasteiger partial charge in [-0.15, -0.1) is 0 Å². The third kappa shape index (κ3) is 5.87. The summed E-state index contributed by atoms with van der Waals surface area (Å²) < 4.78 is 6.62. The molecule has 8 aromatic carbocycles.